The lowest BCUT2D eigenvalue weighted by Gasteiger charge is -2.26. The number of primary amides is 1. The van der Waals surface area contributed by atoms with Gasteiger partial charge in [0.05, 0.1) is 18.6 Å². The molecule has 2 fully saturated rings. The molecule has 2 aliphatic heterocycles. The molecule has 0 bridgehead atoms. The molecule has 1 unspecified atom stereocenters. The SMILES string of the molecule is C[Si]1(C)CC(C(=O)N[C@@H](C[C@@H]2CCNC2=O)C(N)=O)N(C(=O)c2cc3cccc(Cl)c3[nH]2)C1. The highest BCUT2D eigenvalue weighted by molar-refractivity contribution is 6.79. The second-order valence-corrected chi connectivity index (χ2v) is 15.1. The van der Waals surface area contributed by atoms with Gasteiger partial charge in [-0.1, -0.05) is 36.8 Å². The first-order valence-electron chi connectivity index (χ1n) is 11.0. The lowest BCUT2D eigenvalue weighted by atomic mass is 9.97. The average Bonchev–Trinajstić information content (AvgIpc) is 3.44. The van der Waals surface area contributed by atoms with Gasteiger partial charge in [-0.15, -0.1) is 0 Å². The Kier molecular flexibility index (Phi) is 6.24. The van der Waals surface area contributed by atoms with Crippen LogP contribution in [0.2, 0.25) is 24.2 Å². The lowest BCUT2D eigenvalue weighted by molar-refractivity contribution is -0.130. The summed E-state index contributed by atoms with van der Waals surface area (Å²) in [4.78, 5) is 55.3. The molecule has 11 heteroatoms. The number of fused-ring (bicyclic) bond motifs is 1. The number of nitrogens with zero attached hydrogens (tertiary/aromatic N) is 1. The predicted octanol–water partition coefficient (Wildman–Crippen LogP) is 1.39. The summed E-state index contributed by atoms with van der Waals surface area (Å²) in [5, 5.41) is 6.77. The van der Waals surface area contributed by atoms with Crippen LogP contribution in [-0.2, 0) is 14.4 Å². The summed E-state index contributed by atoms with van der Waals surface area (Å²) >= 11 is 6.24. The van der Waals surface area contributed by atoms with Crippen molar-refractivity contribution in [3.8, 4) is 0 Å². The summed E-state index contributed by atoms with van der Waals surface area (Å²) in [6.45, 7) is 4.79. The van der Waals surface area contributed by atoms with Crippen LogP contribution >= 0.6 is 11.6 Å². The number of aromatic amines is 1. The largest absolute Gasteiger partial charge is 0.368 e. The number of benzene rings is 1. The van der Waals surface area contributed by atoms with E-state index in [1.54, 1.807) is 17.0 Å². The zero-order valence-corrected chi connectivity index (χ0v) is 20.4. The van der Waals surface area contributed by atoms with Crippen LogP contribution < -0.4 is 16.4 Å². The van der Waals surface area contributed by atoms with Gasteiger partial charge < -0.3 is 26.3 Å². The number of rotatable bonds is 6. The molecule has 2 saturated heterocycles. The zero-order valence-electron chi connectivity index (χ0n) is 18.6. The minimum atomic E-state index is -1.88. The number of nitrogens with two attached hydrogens (primary N) is 1. The molecule has 3 atom stereocenters. The molecule has 5 N–H and O–H groups in total. The van der Waals surface area contributed by atoms with Crippen molar-refractivity contribution in [1.82, 2.24) is 20.5 Å². The molecule has 0 saturated carbocycles. The Balaban J connectivity index is 1.54. The Hall–Kier alpha value is -2.85. The van der Waals surface area contributed by atoms with Crippen LogP contribution in [0.25, 0.3) is 10.9 Å². The predicted molar refractivity (Wildman–Crippen MR) is 127 cm³/mol. The van der Waals surface area contributed by atoms with E-state index in [4.69, 9.17) is 17.3 Å². The van der Waals surface area contributed by atoms with E-state index in [9.17, 15) is 19.2 Å². The molecule has 9 nitrogen and oxygen atoms in total. The van der Waals surface area contributed by atoms with Gasteiger partial charge in [0, 0.05) is 24.0 Å². The smallest absolute Gasteiger partial charge is 0.270 e. The Morgan fingerprint density at radius 2 is 2.09 bits per heavy atom. The molecule has 0 spiro atoms. The van der Waals surface area contributed by atoms with Crippen molar-refractivity contribution < 1.29 is 19.2 Å². The normalized spacial score (nSPS) is 22.9. The first-order valence-corrected chi connectivity index (χ1v) is 14.8. The molecule has 1 aromatic heterocycles. The topological polar surface area (TPSA) is 137 Å². The number of para-hydroxylation sites is 1. The van der Waals surface area contributed by atoms with Crippen LogP contribution in [0.1, 0.15) is 23.3 Å². The molecule has 3 heterocycles. The Labute approximate surface area is 197 Å². The van der Waals surface area contributed by atoms with E-state index < -0.39 is 32.0 Å². The van der Waals surface area contributed by atoms with E-state index in [-0.39, 0.29) is 24.2 Å². The number of aromatic nitrogens is 1. The molecule has 0 radical (unpaired) electrons. The van der Waals surface area contributed by atoms with E-state index in [2.05, 4.69) is 28.7 Å². The number of carbonyl (C=O) groups excluding carboxylic acids is 4. The molecule has 4 rings (SSSR count). The van der Waals surface area contributed by atoms with Gasteiger partial charge in [0.15, 0.2) is 0 Å². The second-order valence-electron chi connectivity index (χ2n) is 9.68. The molecule has 1 aromatic carbocycles. The number of amides is 4. The molecular weight excluding hydrogens is 462 g/mol. The highest BCUT2D eigenvalue weighted by Crippen LogP contribution is 2.30. The second kappa shape index (κ2) is 8.83. The zero-order chi connectivity index (χ0) is 23.9. The van der Waals surface area contributed by atoms with Gasteiger partial charge in [-0.25, -0.2) is 0 Å². The van der Waals surface area contributed by atoms with Crippen LogP contribution in [0.3, 0.4) is 0 Å². The van der Waals surface area contributed by atoms with Crippen LogP contribution in [0.5, 0.6) is 0 Å². The van der Waals surface area contributed by atoms with Gasteiger partial charge in [-0.2, -0.15) is 0 Å². The average molecular weight is 490 g/mol. The van der Waals surface area contributed by atoms with Crippen LogP contribution in [0.4, 0.5) is 0 Å². The van der Waals surface area contributed by atoms with Crippen molar-refractivity contribution >= 4 is 54.2 Å². The van der Waals surface area contributed by atoms with Gasteiger partial charge in [0.25, 0.3) is 5.91 Å². The molecule has 2 aliphatic rings. The van der Waals surface area contributed by atoms with Gasteiger partial charge in [0.2, 0.25) is 17.7 Å². The standard InChI is InChI=1S/C22H28ClN5O4Si/c1-33(2)10-17(21(31)27-15(19(24)29)9-13-6-7-25-20(13)30)28(11-33)22(32)16-8-12-4-3-5-14(23)18(12)26-16/h3-5,8,13,15,17,26H,6-7,9-11H2,1-2H3,(H2,24,29)(H,25,30)(H,27,31)/t13-,15-,17?/m0/s1. The summed E-state index contributed by atoms with van der Waals surface area (Å²) < 4.78 is 0. The number of H-pyrrole nitrogens is 1. The lowest BCUT2D eigenvalue weighted by Crippen LogP contribution is -2.52. The minimum Gasteiger partial charge on any atom is -0.368 e. The van der Waals surface area contributed by atoms with Gasteiger partial charge in [-0.05, 0) is 31.0 Å². The van der Waals surface area contributed by atoms with Gasteiger partial charge in [0.1, 0.15) is 17.8 Å². The Morgan fingerprint density at radius 3 is 2.73 bits per heavy atom. The molecule has 176 valence electrons. The first-order chi connectivity index (χ1) is 15.6. The monoisotopic (exact) mass is 489 g/mol. The van der Waals surface area contributed by atoms with Crippen molar-refractivity contribution in [1.29, 1.82) is 0 Å². The van der Waals surface area contributed by atoms with E-state index in [1.807, 2.05) is 12.1 Å². The fraction of sp³-hybridized carbons (Fsp3) is 0.455. The van der Waals surface area contributed by atoms with Crippen LogP contribution in [0, 0.1) is 5.92 Å². The number of hydrogen-bond acceptors (Lipinski definition) is 4. The maximum atomic E-state index is 13.4. The van der Waals surface area contributed by atoms with Crippen LogP contribution in [-0.4, -0.2) is 66.4 Å². The van der Waals surface area contributed by atoms with Crippen molar-refractivity contribution in [2.75, 3.05) is 12.7 Å². The van der Waals surface area contributed by atoms with Gasteiger partial charge >= 0.3 is 0 Å². The number of carbonyl (C=O) groups is 4. The van der Waals surface area contributed by atoms with Crippen LogP contribution in [0.15, 0.2) is 24.3 Å². The molecule has 2 aromatic rings. The molecular formula is C22H28ClN5O4Si. The van der Waals surface area contributed by atoms with E-state index in [1.165, 1.54) is 0 Å². The Morgan fingerprint density at radius 1 is 1.33 bits per heavy atom. The van der Waals surface area contributed by atoms with Crippen molar-refractivity contribution in [3.05, 3.63) is 35.0 Å². The number of halogens is 1. The fourth-order valence-corrected chi connectivity index (χ4v) is 7.87. The Bertz CT molecular complexity index is 1130. The van der Waals surface area contributed by atoms with Crippen molar-refractivity contribution in [2.24, 2.45) is 11.7 Å². The van der Waals surface area contributed by atoms with E-state index in [0.717, 1.165) is 5.39 Å². The third-order valence-corrected chi connectivity index (χ3v) is 9.47. The van der Waals surface area contributed by atoms with E-state index >= 15 is 0 Å². The van der Waals surface area contributed by atoms with Gasteiger partial charge in [-0.3, -0.25) is 19.2 Å². The van der Waals surface area contributed by atoms with Crippen molar-refractivity contribution in [2.45, 2.75) is 44.1 Å². The first kappa shape index (κ1) is 23.3. The third kappa shape index (κ3) is 4.76. The highest BCUT2D eigenvalue weighted by atomic mass is 35.5. The minimum absolute atomic E-state index is 0.140. The highest BCUT2D eigenvalue weighted by Gasteiger charge is 2.46. The summed E-state index contributed by atoms with van der Waals surface area (Å²) in [7, 11) is -1.88. The fourth-order valence-electron chi connectivity index (χ4n) is 4.77. The summed E-state index contributed by atoms with van der Waals surface area (Å²) in [6.07, 6.45) is 1.25. The molecule has 0 aliphatic carbocycles. The molecule has 33 heavy (non-hydrogen) atoms. The quantitative estimate of drug-likeness (QED) is 0.455. The van der Waals surface area contributed by atoms with Crippen molar-refractivity contribution in [3.63, 3.8) is 0 Å². The summed E-state index contributed by atoms with van der Waals surface area (Å²) in [5.41, 5.74) is 6.56. The number of hydrogen-bond donors (Lipinski definition) is 4. The number of nitrogens with one attached hydrogen (secondary N) is 3. The summed E-state index contributed by atoms with van der Waals surface area (Å²) in [6, 6.07) is 6.03. The maximum Gasteiger partial charge on any atom is 0.270 e. The summed E-state index contributed by atoms with van der Waals surface area (Å²) in [5.74, 6) is -1.91. The third-order valence-electron chi connectivity index (χ3n) is 6.46. The van der Waals surface area contributed by atoms with E-state index in [0.29, 0.717) is 41.4 Å². The maximum absolute atomic E-state index is 13.4. The molecule has 4 amide bonds.